The molecule has 0 saturated carbocycles. The van der Waals surface area contributed by atoms with Gasteiger partial charge in [0.15, 0.2) is 5.96 Å². The maximum Gasteiger partial charge on any atom is 0.387 e. The van der Waals surface area contributed by atoms with Gasteiger partial charge in [0.2, 0.25) is 0 Å². The first-order valence-corrected chi connectivity index (χ1v) is 9.79. The number of halogens is 3. The molecular weight excluding hydrogens is 515 g/mol. The molecule has 0 radical (unpaired) electrons. The molecule has 6 nitrogen and oxygen atoms in total. The van der Waals surface area contributed by atoms with Gasteiger partial charge in [0.25, 0.3) is 0 Å². The maximum atomic E-state index is 12.6. The van der Waals surface area contributed by atoms with Gasteiger partial charge in [0, 0.05) is 24.8 Å². The van der Waals surface area contributed by atoms with Gasteiger partial charge in [-0.15, -0.1) is 24.0 Å². The Morgan fingerprint density at radius 2 is 1.84 bits per heavy atom. The van der Waals surface area contributed by atoms with Crippen LogP contribution < -0.4 is 15.4 Å². The monoisotopic (exact) mass is 541 g/mol. The van der Waals surface area contributed by atoms with Crippen molar-refractivity contribution in [1.82, 2.24) is 20.4 Å². The molecule has 2 aromatic carbocycles. The summed E-state index contributed by atoms with van der Waals surface area (Å²) in [5.74, 6) is 0.750. The number of aromatic nitrogens is 2. The molecule has 0 aliphatic carbocycles. The van der Waals surface area contributed by atoms with Crippen LogP contribution in [-0.2, 0) is 13.0 Å². The Kier molecular flexibility index (Phi) is 10.2. The van der Waals surface area contributed by atoms with Gasteiger partial charge in [0.05, 0.1) is 18.4 Å². The van der Waals surface area contributed by atoms with E-state index in [4.69, 9.17) is 0 Å². The highest BCUT2D eigenvalue weighted by molar-refractivity contribution is 14.0. The molecule has 9 heteroatoms. The largest absolute Gasteiger partial charge is 0.434 e. The van der Waals surface area contributed by atoms with E-state index >= 15 is 0 Å². The molecule has 0 aliphatic rings. The number of ether oxygens (including phenoxy) is 1. The van der Waals surface area contributed by atoms with Crippen molar-refractivity contribution in [2.75, 3.05) is 13.1 Å². The Labute approximate surface area is 197 Å². The first kappa shape index (κ1) is 24.6. The van der Waals surface area contributed by atoms with Crippen molar-refractivity contribution < 1.29 is 13.5 Å². The number of rotatable bonds is 9. The summed E-state index contributed by atoms with van der Waals surface area (Å²) in [5.41, 5.74) is 2.70. The number of hydrogen-bond acceptors (Lipinski definition) is 3. The highest BCUT2D eigenvalue weighted by Crippen LogP contribution is 2.20. The van der Waals surface area contributed by atoms with Crippen molar-refractivity contribution >= 4 is 29.9 Å². The van der Waals surface area contributed by atoms with Crippen LogP contribution in [0.1, 0.15) is 18.1 Å². The Bertz CT molecular complexity index is 950. The number of aliphatic imine (C=N–C) groups is 1. The van der Waals surface area contributed by atoms with Gasteiger partial charge in [-0.05, 0) is 37.1 Å². The molecule has 3 aromatic rings. The molecule has 0 amide bonds. The standard InChI is InChI=1S/C22H25F2N5O.HI/c1-2-25-22(27-15-18-8-6-7-11-20(18)30-21(23)24)26-13-12-17-14-28-29(16-17)19-9-4-3-5-10-19;/h3-11,14,16,21H,2,12-13,15H2,1H3,(H2,25,26,27);1H. The fourth-order valence-corrected chi connectivity index (χ4v) is 2.89. The van der Waals surface area contributed by atoms with Crippen LogP contribution in [0.4, 0.5) is 8.78 Å². The molecule has 0 aliphatic heterocycles. The van der Waals surface area contributed by atoms with Crippen LogP contribution in [0.2, 0.25) is 0 Å². The molecule has 3 rings (SSSR count). The Hall–Kier alpha value is -2.69. The summed E-state index contributed by atoms with van der Waals surface area (Å²) in [6.45, 7) is 0.673. The van der Waals surface area contributed by atoms with Crippen LogP contribution in [0.15, 0.2) is 72.0 Å². The topological polar surface area (TPSA) is 63.5 Å². The maximum absolute atomic E-state index is 12.6. The second-order valence-electron chi connectivity index (χ2n) is 6.49. The Morgan fingerprint density at radius 1 is 1.10 bits per heavy atom. The van der Waals surface area contributed by atoms with Gasteiger partial charge in [-0.2, -0.15) is 13.9 Å². The average molecular weight is 541 g/mol. The second-order valence-corrected chi connectivity index (χ2v) is 6.49. The summed E-state index contributed by atoms with van der Waals surface area (Å²) in [4.78, 5) is 4.48. The summed E-state index contributed by atoms with van der Waals surface area (Å²) < 4.78 is 31.5. The molecule has 0 spiro atoms. The third-order valence-corrected chi connectivity index (χ3v) is 4.30. The van der Waals surface area contributed by atoms with Crippen molar-refractivity contribution in [3.63, 3.8) is 0 Å². The number of guanidine groups is 1. The SMILES string of the molecule is CCNC(=NCc1ccccc1OC(F)F)NCCc1cnn(-c2ccccc2)c1.I. The van der Waals surface area contributed by atoms with E-state index in [0.29, 0.717) is 24.6 Å². The molecule has 0 bridgehead atoms. The minimum atomic E-state index is -2.86. The predicted molar refractivity (Wildman–Crippen MR) is 129 cm³/mol. The minimum absolute atomic E-state index is 0. The quantitative estimate of drug-likeness (QED) is 0.240. The first-order valence-electron chi connectivity index (χ1n) is 9.79. The van der Waals surface area contributed by atoms with Crippen molar-refractivity contribution in [2.45, 2.75) is 26.5 Å². The summed E-state index contributed by atoms with van der Waals surface area (Å²) in [6, 6.07) is 16.6. The van der Waals surface area contributed by atoms with E-state index in [9.17, 15) is 8.78 Å². The van der Waals surface area contributed by atoms with E-state index in [2.05, 4.69) is 25.5 Å². The van der Waals surface area contributed by atoms with Crippen LogP contribution in [0.5, 0.6) is 5.75 Å². The number of nitrogens with zero attached hydrogens (tertiary/aromatic N) is 3. The summed E-state index contributed by atoms with van der Waals surface area (Å²) in [6.07, 6.45) is 4.61. The molecule has 1 heterocycles. The van der Waals surface area contributed by atoms with Gasteiger partial charge in [0.1, 0.15) is 5.75 Å². The van der Waals surface area contributed by atoms with Crippen molar-refractivity contribution in [1.29, 1.82) is 0 Å². The van der Waals surface area contributed by atoms with E-state index in [1.807, 2.05) is 54.3 Å². The van der Waals surface area contributed by atoms with Crippen molar-refractivity contribution in [3.05, 3.63) is 78.1 Å². The van der Waals surface area contributed by atoms with E-state index < -0.39 is 6.61 Å². The number of alkyl halides is 2. The van der Waals surface area contributed by atoms with E-state index in [1.54, 1.807) is 18.2 Å². The van der Waals surface area contributed by atoms with E-state index in [0.717, 1.165) is 17.7 Å². The number of benzene rings is 2. The zero-order chi connectivity index (χ0) is 21.2. The molecule has 0 fully saturated rings. The first-order chi connectivity index (χ1) is 14.7. The molecule has 2 N–H and O–H groups in total. The molecule has 0 unspecified atom stereocenters. The lowest BCUT2D eigenvalue weighted by Gasteiger charge is -2.12. The second kappa shape index (κ2) is 12.9. The van der Waals surface area contributed by atoms with Gasteiger partial charge < -0.3 is 15.4 Å². The third kappa shape index (κ3) is 7.82. The zero-order valence-corrected chi connectivity index (χ0v) is 19.5. The van der Waals surface area contributed by atoms with Crippen LogP contribution in [0, 0.1) is 0 Å². The number of nitrogens with one attached hydrogen (secondary N) is 2. The van der Waals surface area contributed by atoms with Gasteiger partial charge in [-0.25, -0.2) is 9.67 Å². The lowest BCUT2D eigenvalue weighted by atomic mass is 10.2. The highest BCUT2D eigenvalue weighted by Gasteiger charge is 2.09. The Morgan fingerprint density at radius 3 is 2.58 bits per heavy atom. The van der Waals surface area contributed by atoms with E-state index in [-0.39, 0.29) is 36.3 Å². The predicted octanol–water partition coefficient (Wildman–Crippen LogP) is 4.39. The zero-order valence-electron chi connectivity index (χ0n) is 17.2. The van der Waals surface area contributed by atoms with Crippen LogP contribution in [-0.4, -0.2) is 35.4 Å². The van der Waals surface area contributed by atoms with Gasteiger partial charge in [-0.3, -0.25) is 0 Å². The Balaban J connectivity index is 0.00000341. The lowest BCUT2D eigenvalue weighted by molar-refractivity contribution is -0.0504. The van der Waals surface area contributed by atoms with Gasteiger partial charge in [-0.1, -0.05) is 36.4 Å². The van der Waals surface area contributed by atoms with Gasteiger partial charge >= 0.3 is 6.61 Å². The van der Waals surface area contributed by atoms with Crippen molar-refractivity contribution in [2.24, 2.45) is 4.99 Å². The summed E-state index contributed by atoms with van der Waals surface area (Å²) in [5, 5.41) is 10.8. The third-order valence-electron chi connectivity index (χ3n) is 4.30. The smallest absolute Gasteiger partial charge is 0.387 e. The molecule has 166 valence electrons. The molecule has 1 aromatic heterocycles. The van der Waals surface area contributed by atoms with E-state index in [1.165, 1.54) is 6.07 Å². The molecule has 31 heavy (non-hydrogen) atoms. The summed E-state index contributed by atoms with van der Waals surface area (Å²) in [7, 11) is 0. The molecule has 0 atom stereocenters. The minimum Gasteiger partial charge on any atom is -0.434 e. The van der Waals surface area contributed by atoms with Crippen LogP contribution >= 0.6 is 24.0 Å². The fraction of sp³-hybridized carbons (Fsp3) is 0.273. The van der Waals surface area contributed by atoms with Crippen LogP contribution in [0.3, 0.4) is 0 Å². The van der Waals surface area contributed by atoms with Crippen molar-refractivity contribution in [3.8, 4) is 11.4 Å². The number of hydrogen-bond donors (Lipinski definition) is 2. The lowest BCUT2D eigenvalue weighted by Crippen LogP contribution is -2.38. The fourth-order valence-electron chi connectivity index (χ4n) is 2.89. The highest BCUT2D eigenvalue weighted by atomic mass is 127. The normalized spacial score (nSPS) is 11.2. The number of para-hydroxylation sites is 2. The van der Waals surface area contributed by atoms with Crippen LogP contribution in [0.25, 0.3) is 5.69 Å². The summed E-state index contributed by atoms with van der Waals surface area (Å²) >= 11 is 0. The molecule has 0 saturated heterocycles. The molecular formula is C22H26F2IN5O. The average Bonchev–Trinajstić information content (AvgIpc) is 3.22.